The Labute approximate surface area is 162 Å². The quantitative estimate of drug-likeness (QED) is 0.506. The summed E-state index contributed by atoms with van der Waals surface area (Å²) >= 11 is 5.94. The summed E-state index contributed by atoms with van der Waals surface area (Å²) in [5.41, 5.74) is 4.91. The third-order valence-corrected chi connectivity index (χ3v) is 3.64. The molecule has 0 fully saturated rings. The van der Waals surface area contributed by atoms with Crippen molar-refractivity contribution in [3.8, 4) is 11.5 Å². The molecule has 2 aromatic rings. The molecule has 2 amide bonds. The van der Waals surface area contributed by atoms with Crippen LogP contribution >= 0.6 is 11.6 Å². The van der Waals surface area contributed by atoms with Gasteiger partial charge in [0.25, 0.3) is 11.8 Å². The highest BCUT2D eigenvalue weighted by Crippen LogP contribution is 2.22. The minimum atomic E-state index is -0.530. The van der Waals surface area contributed by atoms with Gasteiger partial charge in [-0.15, -0.1) is 0 Å². The molecule has 8 heteroatoms. The van der Waals surface area contributed by atoms with Crippen LogP contribution in [0.15, 0.2) is 48.5 Å². The number of rotatable bonds is 9. The molecule has 0 heterocycles. The number of amides is 2. The fourth-order valence-corrected chi connectivity index (χ4v) is 2.26. The molecule has 0 saturated carbocycles. The van der Waals surface area contributed by atoms with Crippen molar-refractivity contribution in [2.24, 2.45) is 0 Å². The van der Waals surface area contributed by atoms with Crippen molar-refractivity contribution >= 4 is 23.4 Å². The van der Waals surface area contributed by atoms with Gasteiger partial charge < -0.3 is 14.2 Å². The maximum absolute atomic E-state index is 12.3. The highest BCUT2D eigenvalue weighted by molar-refractivity contribution is 6.32. The van der Waals surface area contributed by atoms with Crippen molar-refractivity contribution in [3.05, 3.63) is 59.1 Å². The lowest BCUT2D eigenvalue weighted by atomic mass is 10.2. The standard InChI is InChI=1S/C19H21ClN2O5/c1-2-25-11-12-26-16-9-5-3-7-14(16)19(24)22-21-18(23)13-27-17-10-6-4-8-15(17)20/h3-10H,2,11-13H2,1H3,(H,21,23)(H,22,24). The van der Waals surface area contributed by atoms with Crippen LogP contribution in [0.1, 0.15) is 17.3 Å². The fourth-order valence-electron chi connectivity index (χ4n) is 2.07. The van der Waals surface area contributed by atoms with Gasteiger partial charge in [-0.05, 0) is 31.2 Å². The molecule has 2 rings (SSSR count). The van der Waals surface area contributed by atoms with Gasteiger partial charge in [0.15, 0.2) is 6.61 Å². The molecule has 2 aromatic carbocycles. The van der Waals surface area contributed by atoms with E-state index in [0.717, 1.165) is 0 Å². The zero-order valence-electron chi connectivity index (χ0n) is 14.9. The topological polar surface area (TPSA) is 85.9 Å². The van der Waals surface area contributed by atoms with Crippen LogP contribution in [0.25, 0.3) is 0 Å². The second-order valence-electron chi connectivity index (χ2n) is 5.26. The molecule has 0 spiro atoms. The average molecular weight is 393 g/mol. The van der Waals surface area contributed by atoms with Gasteiger partial charge in [0.2, 0.25) is 0 Å². The van der Waals surface area contributed by atoms with Crippen molar-refractivity contribution in [2.75, 3.05) is 26.4 Å². The highest BCUT2D eigenvalue weighted by atomic mass is 35.5. The van der Waals surface area contributed by atoms with Crippen LogP contribution in [-0.4, -0.2) is 38.2 Å². The Morgan fingerprint density at radius 3 is 2.37 bits per heavy atom. The summed E-state index contributed by atoms with van der Waals surface area (Å²) in [5, 5.41) is 0.396. The molecule has 0 aromatic heterocycles. The van der Waals surface area contributed by atoms with Crippen molar-refractivity contribution in [2.45, 2.75) is 6.92 Å². The van der Waals surface area contributed by atoms with Crippen LogP contribution in [0, 0.1) is 0 Å². The lowest BCUT2D eigenvalue weighted by molar-refractivity contribution is -0.123. The van der Waals surface area contributed by atoms with E-state index in [0.29, 0.717) is 41.9 Å². The molecule has 0 aliphatic rings. The largest absolute Gasteiger partial charge is 0.490 e. The van der Waals surface area contributed by atoms with Crippen molar-refractivity contribution in [3.63, 3.8) is 0 Å². The number of benzene rings is 2. The first-order valence-corrected chi connectivity index (χ1v) is 8.75. The summed E-state index contributed by atoms with van der Waals surface area (Å²) < 4.78 is 16.1. The molecule has 7 nitrogen and oxygen atoms in total. The summed E-state index contributed by atoms with van der Waals surface area (Å²) in [4.78, 5) is 24.1. The number of carbonyl (C=O) groups is 2. The molecule has 2 N–H and O–H groups in total. The summed E-state index contributed by atoms with van der Waals surface area (Å²) in [6, 6.07) is 13.5. The SMILES string of the molecule is CCOCCOc1ccccc1C(=O)NNC(=O)COc1ccccc1Cl. The first kappa shape index (κ1) is 20.5. The Bertz CT molecular complexity index is 769. The van der Waals surface area contributed by atoms with Crippen molar-refractivity contribution in [1.82, 2.24) is 10.9 Å². The predicted octanol–water partition coefficient (Wildman–Crippen LogP) is 2.60. The van der Waals surface area contributed by atoms with Crippen LogP contribution < -0.4 is 20.3 Å². The Balaban J connectivity index is 1.82. The van der Waals surface area contributed by atoms with Gasteiger partial charge in [-0.2, -0.15) is 0 Å². The van der Waals surface area contributed by atoms with E-state index in [4.69, 9.17) is 25.8 Å². The maximum atomic E-state index is 12.3. The van der Waals surface area contributed by atoms with Gasteiger partial charge in [-0.25, -0.2) is 0 Å². The van der Waals surface area contributed by atoms with Gasteiger partial charge in [-0.1, -0.05) is 35.9 Å². The van der Waals surface area contributed by atoms with E-state index >= 15 is 0 Å². The number of hydrogen-bond donors (Lipinski definition) is 2. The lowest BCUT2D eigenvalue weighted by Gasteiger charge is -2.12. The summed E-state index contributed by atoms with van der Waals surface area (Å²) in [5.74, 6) is -0.254. The fraction of sp³-hybridized carbons (Fsp3) is 0.263. The minimum absolute atomic E-state index is 0.293. The molecule has 0 aliphatic carbocycles. The molecule has 0 radical (unpaired) electrons. The molecule has 0 saturated heterocycles. The normalized spacial score (nSPS) is 10.1. The van der Waals surface area contributed by atoms with Crippen molar-refractivity contribution in [1.29, 1.82) is 0 Å². The summed E-state index contributed by atoms with van der Waals surface area (Å²) in [7, 11) is 0. The Kier molecular flexibility index (Phi) is 8.41. The lowest BCUT2D eigenvalue weighted by Crippen LogP contribution is -2.44. The molecular formula is C19H21ClN2O5. The van der Waals surface area contributed by atoms with E-state index in [2.05, 4.69) is 10.9 Å². The van der Waals surface area contributed by atoms with E-state index in [1.165, 1.54) is 0 Å². The first-order valence-electron chi connectivity index (χ1n) is 8.38. The van der Waals surface area contributed by atoms with E-state index in [1.54, 1.807) is 48.5 Å². The number of para-hydroxylation sites is 2. The molecule has 0 aliphatic heterocycles. The minimum Gasteiger partial charge on any atom is -0.490 e. The molecule has 27 heavy (non-hydrogen) atoms. The molecule has 0 atom stereocenters. The summed E-state index contributed by atoms with van der Waals surface area (Å²) in [6.45, 7) is 2.92. The van der Waals surface area contributed by atoms with E-state index in [9.17, 15) is 9.59 Å². The van der Waals surface area contributed by atoms with Gasteiger partial charge in [0.05, 0.1) is 17.2 Å². The Morgan fingerprint density at radius 2 is 1.63 bits per heavy atom. The second-order valence-corrected chi connectivity index (χ2v) is 5.67. The zero-order valence-corrected chi connectivity index (χ0v) is 15.6. The van der Waals surface area contributed by atoms with Gasteiger partial charge in [0, 0.05) is 6.61 Å². The van der Waals surface area contributed by atoms with Crippen LogP contribution in [0.4, 0.5) is 0 Å². The number of carbonyl (C=O) groups excluding carboxylic acids is 2. The molecule has 144 valence electrons. The van der Waals surface area contributed by atoms with Gasteiger partial charge >= 0.3 is 0 Å². The molecule has 0 unspecified atom stereocenters. The smallest absolute Gasteiger partial charge is 0.276 e. The number of nitrogens with one attached hydrogen (secondary N) is 2. The average Bonchev–Trinajstić information content (AvgIpc) is 2.69. The Hall–Kier alpha value is -2.77. The van der Waals surface area contributed by atoms with Crippen LogP contribution in [-0.2, 0) is 9.53 Å². The van der Waals surface area contributed by atoms with Gasteiger partial charge in [-0.3, -0.25) is 20.4 Å². The third kappa shape index (κ3) is 6.80. The van der Waals surface area contributed by atoms with E-state index in [-0.39, 0.29) is 6.61 Å². The first-order chi connectivity index (χ1) is 13.1. The van der Waals surface area contributed by atoms with Crippen LogP contribution in [0.5, 0.6) is 11.5 Å². The molecular weight excluding hydrogens is 372 g/mol. The second kappa shape index (κ2) is 11.1. The van der Waals surface area contributed by atoms with E-state index in [1.807, 2.05) is 6.92 Å². The zero-order chi connectivity index (χ0) is 19.5. The number of ether oxygens (including phenoxy) is 3. The number of hydrogen-bond acceptors (Lipinski definition) is 5. The number of hydrazine groups is 1. The Morgan fingerprint density at radius 1 is 0.926 bits per heavy atom. The van der Waals surface area contributed by atoms with Gasteiger partial charge in [0.1, 0.15) is 18.1 Å². The van der Waals surface area contributed by atoms with Crippen molar-refractivity contribution < 1.29 is 23.8 Å². The van der Waals surface area contributed by atoms with E-state index < -0.39 is 11.8 Å². The maximum Gasteiger partial charge on any atom is 0.276 e. The van der Waals surface area contributed by atoms with Crippen LogP contribution in [0.3, 0.4) is 0 Å². The highest BCUT2D eigenvalue weighted by Gasteiger charge is 2.13. The monoisotopic (exact) mass is 392 g/mol. The third-order valence-electron chi connectivity index (χ3n) is 3.33. The predicted molar refractivity (Wildman–Crippen MR) is 101 cm³/mol. The van der Waals surface area contributed by atoms with Crippen LogP contribution in [0.2, 0.25) is 5.02 Å². The number of halogens is 1. The molecule has 0 bridgehead atoms. The summed E-state index contributed by atoms with van der Waals surface area (Å²) in [6.07, 6.45) is 0.